The Hall–Kier alpha value is -2.71. The lowest BCUT2D eigenvalue weighted by atomic mass is 9.81. The number of dihydropyridines is 1. The summed E-state index contributed by atoms with van der Waals surface area (Å²) in [6.45, 7) is 1.91. The number of hydrogen-bond acceptors (Lipinski definition) is 4. The molecule has 2 aliphatic carbocycles. The number of alkyl halides is 1. The van der Waals surface area contributed by atoms with E-state index >= 15 is 0 Å². The van der Waals surface area contributed by atoms with Crippen LogP contribution < -0.4 is 0 Å². The number of aryl methyl sites for hydroxylation is 1. The maximum absolute atomic E-state index is 14.2. The zero-order valence-electron chi connectivity index (χ0n) is 19.7. The minimum atomic E-state index is -0.776. The molecule has 2 saturated heterocycles. The molecule has 2 fully saturated rings. The van der Waals surface area contributed by atoms with E-state index in [1.54, 1.807) is 0 Å². The summed E-state index contributed by atoms with van der Waals surface area (Å²) in [5.41, 5.74) is 6.18. The molecule has 4 atom stereocenters. The topological polar surface area (TPSA) is 48.6 Å². The van der Waals surface area contributed by atoms with Gasteiger partial charge in [-0.2, -0.15) is 5.26 Å². The number of ether oxygens (including phenoxy) is 1. The van der Waals surface area contributed by atoms with Gasteiger partial charge < -0.3 is 4.74 Å². The molecule has 0 radical (unpaired) electrons. The first-order valence-electron chi connectivity index (χ1n) is 12.8. The minimum absolute atomic E-state index is 0.0356. The Morgan fingerprint density at radius 2 is 2.12 bits per heavy atom. The molecule has 2 unspecified atom stereocenters. The smallest absolute Gasteiger partial charge is 0.213 e. The molecular formula is C29H32FN3O. The third kappa shape index (κ3) is 3.82. The first-order chi connectivity index (χ1) is 16.6. The van der Waals surface area contributed by atoms with Crippen LogP contribution in [0.15, 0.2) is 53.1 Å². The number of benzene rings is 1. The lowest BCUT2D eigenvalue weighted by Gasteiger charge is -2.33. The van der Waals surface area contributed by atoms with E-state index in [0.717, 1.165) is 31.4 Å². The fraction of sp³-hybridized carbons (Fsp3) is 0.517. The van der Waals surface area contributed by atoms with Gasteiger partial charge in [0.05, 0.1) is 24.1 Å². The van der Waals surface area contributed by atoms with Gasteiger partial charge in [-0.25, -0.2) is 9.38 Å². The number of hydrogen-bond donors (Lipinski definition) is 0. The van der Waals surface area contributed by atoms with Gasteiger partial charge >= 0.3 is 0 Å². The summed E-state index contributed by atoms with van der Waals surface area (Å²) < 4.78 is 20.5. The van der Waals surface area contributed by atoms with Gasteiger partial charge in [-0.15, -0.1) is 0 Å². The predicted octanol–water partition coefficient (Wildman–Crippen LogP) is 5.35. The molecule has 0 spiro atoms. The number of allylic oxidation sites excluding steroid dienone is 2. The molecule has 0 amide bonds. The predicted molar refractivity (Wildman–Crippen MR) is 132 cm³/mol. The average molecular weight is 458 g/mol. The molecule has 3 aliphatic heterocycles. The van der Waals surface area contributed by atoms with Crippen molar-refractivity contribution in [1.82, 2.24) is 4.90 Å². The van der Waals surface area contributed by atoms with Crippen molar-refractivity contribution in [1.29, 1.82) is 5.26 Å². The third-order valence-electron chi connectivity index (χ3n) is 8.39. The van der Waals surface area contributed by atoms with Crippen LogP contribution in [0.3, 0.4) is 0 Å². The molecular weight excluding hydrogens is 425 g/mol. The fourth-order valence-corrected chi connectivity index (χ4v) is 6.71. The second-order valence-electron chi connectivity index (χ2n) is 10.5. The largest absolute Gasteiger partial charge is 0.476 e. The van der Waals surface area contributed by atoms with Gasteiger partial charge in [-0.1, -0.05) is 42.5 Å². The molecule has 4 nitrogen and oxygen atoms in total. The van der Waals surface area contributed by atoms with Crippen LogP contribution in [-0.2, 0) is 17.6 Å². The number of halogens is 1. The lowest BCUT2D eigenvalue weighted by Crippen LogP contribution is -2.43. The van der Waals surface area contributed by atoms with E-state index in [2.05, 4.69) is 53.5 Å². The standard InChI is InChI=1S/C29H32FN3O/c30-24-17-29(12-4-14-33(29)18-24)19-34-28-23(11-13-31)15-22-10-9-21(16-27(22)32-28)26-8-3-6-20-5-1-2-7-25(20)26/h3,6,8-10,15-16,22,24,27H,1-2,4-5,7,11-12,14,17-19H2/t22?,24-,27?,29+/m1/s1. The van der Waals surface area contributed by atoms with Crippen molar-refractivity contribution in [2.24, 2.45) is 10.9 Å². The van der Waals surface area contributed by atoms with Crippen LogP contribution in [0.2, 0.25) is 0 Å². The van der Waals surface area contributed by atoms with Crippen LogP contribution >= 0.6 is 0 Å². The first-order valence-corrected chi connectivity index (χ1v) is 12.8. The molecule has 0 N–H and O–H groups in total. The van der Waals surface area contributed by atoms with E-state index in [4.69, 9.17) is 9.73 Å². The zero-order chi connectivity index (χ0) is 23.1. The van der Waals surface area contributed by atoms with Crippen LogP contribution in [0.5, 0.6) is 0 Å². The van der Waals surface area contributed by atoms with Gasteiger partial charge in [0.1, 0.15) is 12.8 Å². The van der Waals surface area contributed by atoms with Crippen molar-refractivity contribution in [2.45, 2.75) is 69.1 Å². The summed E-state index contributed by atoms with van der Waals surface area (Å²) in [6, 6.07) is 8.92. The Morgan fingerprint density at radius 1 is 1.21 bits per heavy atom. The van der Waals surface area contributed by atoms with Crippen LogP contribution in [0.1, 0.15) is 55.2 Å². The van der Waals surface area contributed by atoms with Gasteiger partial charge in [0.2, 0.25) is 5.90 Å². The maximum Gasteiger partial charge on any atom is 0.213 e. The second-order valence-corrected chi connectivity index (χ2v) is 10.5. The molecule has 0 aromatic heterocycles. The summed E-state index contributed by atoms with van der Waals surface area (Å²) >= 11 is 0. The quantitative estimate of drug-likeness (QED) is 0.613. The number of nitrogens with zero attached hydrogens (tertiary/aromatic N) is 3. The molecule has 0 saturated carbocycles. The van der Waals surface area contributed by atoms with E-state index < -0.39 is 6.17 Å². The number of rotatable bonds is 4. The minimum Gasteiger partial charge on any atom is -0.476 e. The summed E-state index contributed by atoms with van der Waals surface area (Å²) in [7, 11) is 0. The van der Waals surface area contributed by atoms with Gasteiger partial charge in [0, 0.05) is 24.5 Å². The SMILES string of the molecule is N#CCC1=CC2C=CC(c3cccc4c3CCCC4)=CC2N=C1OC[C@@]12CCCN1C[C@H](F)C2. The molecule has 0 bridgehead atoms. The lowest BCUT2D eigenvalue weighted by molar-refractivity contribution is 0.106. The van der Waals surface area contributed by atoms with Crippen molar-refractivity contribution in [3.8, 4) is 6.07 Å². The average Bonchev–Trinajstić information content (AvgIpc) is 3.38. The molecule has 5 heteroatoms. The van der Waals surface area contributed by atoms with E-state index in [1.807, 2.05) is 0 Å². The number of aliphatic imine (C=N–C) groups is 1. The highest BCUT2D eigenvalue weighted by molar-refractivity contribution is 5.95. The second kappa shape index (κ2) is 8.82. The van der Waals surface area contributed by atoms with Gasteiger partial charge in [-0.3, -0.25) is 4.90 Å². The first kappa shape index (κ1) is 21.8. The van der Waals surface area contributed by atoms with Crippen molar-refractivity contribution >= 4 is 11.5 Å². The van der Waals surface area contributed by atoms with Crippen LogP contribution in [0, 0.1) is 17.2 Å². The van der Waals surface area contributed by atoms with E-state index in [-0.39, 0.29) is 23.9 Å². The molecule has 5 aliphatic rings. The van der Waals surface area contributed by atoms with Gasteiger partial charge in [0.15, 0.2) is 0 Å². The molecule has 6 rings (SSSR count). The Balaban J connectivity index is 1.27. The molecule has 1 aromatic rings. The van der Waals surface area contributed by atoms with Crippen LogP contribution in [0.25, 0.3) is 5.57 Å². The highest BCUT2D eigenvalue weighted by Gasteiger charge is 2.49. The van der Waals surface area contributed by atoms with Crippen molar-refractivity contribution in [3.05, 3.63) is 64.8 Å². The van der Waals surface area contributed by atoms with E-state index in [1.165, 1.54) is 41.5 Å². The Labute approximate surface area is 201 Å². The fourth-order valence-electron chi connectivity index (χ4n) is 6.71. The van der Waals surface area contributed by atoms with Gasteiger partial charge in [-0.05, 0) is 67.3 Å². The van der Waals surface area contributed by atoms with E-state index in [0.29, 0.717) is 25.5 Å². The zero-order valence-corrected chi connectivity index (χ0v) is 19.7. The molecule has 1 aromatic carbocycles. The summed E-state index contributed by atoms with van der Waals surface area (Å²) in [4.78, 5) is 7.28. The summed E-state index contributed by atoms with van der Waals surface area (Å²) in [6.07, 6.45) is 15.8. The Kier molecular flexibility index (Phi) is 5.65. The highest BCUT2D eigenvalue weighted by atomic mass is 19.1. The highest BCUT2D eigenvalue weighted by Crippen LogP contribution is 2.41. The Bertz CT molecular complexity index is 1140. The van der Waals surface area contributed by atoms with Crippen molar-refractivity contribution in [3.63, 3.8) is 0 Å². The monoisotopic (exact) mass is 457 g/mol. The molecule has 34 heavy (non-hydrogen) atoms. The summed E-state index contributed by atoms with van der Waals surface area (Å²) in [5, 5.41) is 9.41. The number of nitriles is 1. The van der Waals surface area contributed by atoms with Crippen molar-refractivity contribution in [2.75, 3.05) is 19.7 Å². The van der Waals surface area contributed by atoms with Crippen LogP contribution in [0.4, 0.5) is 4.39 Å². The normalized spacial score (nSPS) is 32.1. The van der Waals surface area contributed by atoms with Gasteiger partial charge in [0.25, 0.3) is 0 Å². The molecule has 176 valence electrons. The maximum atomic E-state index is 14.2. The van der Waals surface area contributed by atoms with Crippen molar-refractivity contribution < 1.29 is 9.13 Å². The van der Waals surface area contributed by atoms with E-state index in [9.17, 15) is 9.65 Å². The number of fused-ring (bicyclic) bond motifs is 3. The Morgan fingerprint density at radius 3 is 3.03 bits per heavy atom. The summed E-state index contributed by atoms with van der Waals surface area (Å²) in [5.74, 6) is 0.717. The van der Waals surface area contributed by atoms with Crippen LogP contribution in [-0.4, -0.2) is 48.2 Å². The molecule has 3 heterocycles. The third-order valence-corrected chi connectivity index (χ3v) is 8.39.